The summed E-state index contributed by atoms with van der Waals surface area (Å²) in [6, 6.07) is 0. The molecule has 1 amide bonds. The molecule has 2 rings (SSSR count). The quantitative estimate of drug-likeness (QED) is 0.736. The lowest BCUT2D eigenvalue weighted by molar-refractivity contribution is -0.132. The van der Waals surface area contributed by atoms with Crippen LogP contribution < -0.4 is 0 Å². The van der Waals surface area contributed by atoms with E-state index >= 15 is 0 Å². The first-order valence-corrected chi connectivity index (χ1v) is 8.16. The maximum atomic E-state index is 12.3. The molecule has 122 valence electrons. The Bertz CT molecular complexity index is 480. The Kier molecular flexibility index (Phi) is 4.88. The third-order valence-corrected chi connectivity index (χ3v) is 5.08. The highest BCUT2D eigenvalue weighted by Crippen LogP contribution is 2.39. The molecule has 2 aliphatic rings. The maximum Gasteiger partial charge on any atom is 0.490 e. The number of rotatable bonds is 2. The van der Waals surface area contributed by atoms with Gasteiger partial charge in [-0.2, -0.15) is 0 Å². The van der Waals surface area contributed by atoms with Crippen molar-refractivity contribution in [1.82, 2.24) is 4.90 Å². The predicted molar refractivity (Wildman–Crippen MR) is 89.3 cm³/mol. The summed E-state index contributed by atoms with van der Waals surface area (Å²) in [6.45, 7) is 11.0. The molecule has 1 atom stereocenters. The third kappa shape index (κ3) is 3.30. The highest BCUT2D eigenvalue weighted by Gasteiger charge is 2.52. The summed E-state index contributed by atoms with van der Waals surface area (Å²) in [7, 11) is 1.53. The molecule has 0 saturated carbocycles. The number of hydrogen-bond acceptors (Lipinski definition) is 3. The van der Waals surface area contributed by atoms with Crippen LogP contribution in [0, 0.1) is 5.92 Å². The van der Waals surface area contributed by atoms with Crippen LogP contribution in [0.4, 0.5) is 0 Å². The van der Waals surface area contributed by atoms with E-state index in [1.54, 1.807) is 0 Å². The van der Waals surface area contributed by atoms with E-state index in [2.05, 4.69) is 33.8 Å². The molecule has 0 bridgehead atoms. The second-order valence-electron chi connectivity index (χ2n) is 7.24. The Morgan fingerprint density at radius 3 is 2.41 bits per heavy atom. The maximum absolute atomic E-state index is 12.3. The fourth-order valence-corrected chi connectivity index (χ4v) is 2.67. The van der Waals surface area contributed by atoms with E-state index in [0.717, 1.165) is 18.3 Å². The van der Waals surface area contributed by atoms with E-state index in [1.165, 1.54) is 0 Å². The summed E-state index contributed by atoms with van der Waals surface area (Å²) in [4.78, 5) is 14.1. The molecule has 0 radical (unpaired) electrons. The fourth-order valence-electron chi connectivity index (χ4n) is 2.67. The molecule has 1 unspecified atom stereocenters. The van der Waals surface area contributed by atoms with Crippen LogP contribution in [0.5, 0.6) is 0 Å². The molecular formula is C17H28BNO3. The molecule has 0 N–H and O–H groups in total. The fraction of sp³-hybridized carbons (Fsp3) is 0.706. The minimum atomic E-state index is -0.339. The van der Waals surface area contributed by atoms with Crippen LogP contribution in [0.1, 0.15) is 47.5 Å². The SMILES string of the molecule is CCC1C=CC=C(B2OC(C)(C)C(C)(C)O2)CCN(C)C1=O. The van der Waals surface area contributed by atoms with Crippen LogP contribution in [-0.4, -0.2) is 42.7 Å². The molecule has 5 heteroatoms. The van der Waals surface area contributed by atoms with E-state index in [0.29, 0.717) is 6.54 Å². The second-order valence-corrected chi connectivity index (χ2v) is 7.24. The highest BCUT2D eigenvalue weighted by atomic mass is 16.7. The van der Waals surface area contributed by atoms with Gasteiger partial charge in [-0.05, 0) is 46.0 Å². The van der Waals surface area contributed by atoms with Gasteiger partial charge in [0.2, 0.25) is 5.91 Å². The standard InChI is InChI=1S/C17H28BNO3/c1-7-13-9-8-10-14(11-12-19(6)15(13)20)18-21-16(2,3)17(4,5)22-18/h8-10,13H,7,11-12H2,1-6H3. The Morgan fingerprint density at radius 2 is 1.86 bits per heavy atom. The second kappa shape index (κ2) is 6.21. The van der Waals surface area contributed by atoms with Crippen LogP contribution in [0.2, 0.25) is 0 Å². The molecule has 2 heterocycles. The van der Waals surface area contributed by atoms with Crippen molar-refractivity contribution in [1.29, 1.82) is 0 Å². The smallest absolute Gasteiger partial charge is 0.400 e. The monoisotopic (exact) mass is 305 g/mol. The molecular weight excluding hydrogens is 277 g/mol. The van der Waals surface area contributed by atoms with Gasteiger partial charge in [-0.1, -0.05) is 25.2 Å². The highest BCUT2D eigenvalue weighted by molar-refractivity contribution is 6.54. The number of hydrogen-bond donors (Lipinski definition) is 0. The number of nitrogens with zero attached hydrogens (tertiary/aromatic N) is 1. The first-order chi connectivity index (χ1) is 10.2. The molecule has 22 heavy (non-hydrogen) atoms. The van der Waals surface area contributed by atoms with Crippen molar-refractivity contribution >= 4 is 13.0 Å². The van der Waals surface area contributed by atoms with Crippen molar-refractivity contribution in [3.63, 3.8) is 0 Å². The first kappa shape index (κ1) is 17.3. The molecule has 2 aliphatic heterocycles. The molecule has 4 nitrogen and oxygen atoms in total. The molecule has 0 aromatic heterocycles. The summed E-state index contributed by atoms with van der Waals surface area (Å²) in [5, 5.41) is 0. The Morgan fingerprint density at radius 1 is 1.27 bits per heavy atom. The summed E-state index contributed by atoms with van der Waals surface area (Å²) in [6.07, 6.45) is 7.59. The molecule has 1 saturated heterocycles. The lowest BCUT2D eigenvalue weighted by Crippen LogP contribution is -2.41. The summed E-state index contributed by atoms with van der Waals surface area (Å²) in [5.74, 6) is 0.140. The molecule has 0 aromatic carbocycles. The van der Waals surface area contributed by atoms with Gasteiger partial charge in [0.25, 0.3) is 0 Å². The number of carbonyl (C=O) groups is 1. The van der Waals surface area contributed by atoms with Gasteiger partial charge in [-0.15, -0.1) is 0 Å². The predicted octanol–water partition coefficient (Wildman–Crippen LogP) is 2.99. The Hall–Kier alpha value is -1.07. The van der Waals surface area contributed by atoms with E-state index in [4.69, 9.17) is 9.31 Å². The number of carbonyl (C=O) groups excluding carboxylic acids is 1. The molecule has 0 aromatic rings. The van der Waals surface area contributed by atoms with E-state index in [1.807, 2.05) is 31.0 Å². The van der Waals surface area contributed by atoms with Crippen LogP contribution in [0.3, 0.4) is 0 Å². The van der Waals surface area contributed by atoms with Crippen molar-refractivity contribution in [3.8, 4) is 0 Å². The van der Waals surface area contributed by atoms with Gasteiger partial charge in [0, 0.05) is 13.6 Å². The van der Waals surface area contributed by atoms with E-state index in [9.17, 15) is 4.79 Å². The molecule has 0 aliphatic carbocycles. The zero-order valence-corrected chi connectivity index (χ0v) is 14.7. The average molecular weight is 305 g/mol. The minimum absolute atomic E-state index is 0.0427. The lowest BCUT2D eigenvalue weighted by atomic mass is 9.76. The molecule has 1 fully saturated rings. The van der Waals surface area contributed by atoms with Crippen LogP contribution in [-0.2, 0) is 14.1 Å². The van der Waals surface area contributed by atoms with Gasteiger partial charge in [0.1, 0.15) is 0 Å². The zero-order valence-electron chi connectivity index (χ0n) is 14.7. The van der Waals surface area contributed by atoms with Crippen LogP contribution >= 0.6 is 0 Å². The van der Waals surface area contributed by atoms with E-state index < -0.39 is 0 Å². The number of allylic oxidation sites excluding steroid dienone is 2. The Labute approximate surface area is 134 Å². The summed E-state index contributed by atoms with van der Waals surface area (Å²) >= 11 is 0. The summed E-state index contributed by atoms with van der Waals surface area (Å²) in [5.41, 5.74) is 0.411. The first-order valence-electron chi connectivity index (χ1n) is 8.16. The minimum Gasteiger partial charge on any atom is -0.400 e. The number of amides is 1. The van der Waals surface area contributed by atoms with Crippen LogP contribution in [0.15, 0.2) is 23.7 Å². The van der Waals surface area contributed by atoms with Crippen LogP contribution in [0.25, 0.3) is 0 Å². The third-order valence-electron chi connectivity index (χ3n) is 5.08. The van der Waals surface area contributed by atoms with Crippen molar-refractivity contribution in [2.24, 2.45) is 5.92 Å². The zero-order chi connectivity index (χ0) is 16.5. The van der Waals surface area contributed by atoms with Gasteiger partial charge < -0.3 is 14.2 Å². The van der Waals surface area contributed by atoms with Crippen molar-refractivity contribution < 1.29 is 14.1 Å². The van der Waals surface area contributed by atoms with Crippen molar-refractivity contribution in [2.75, 3.05) is 13.6 Å². The molecule has 0 spiro atoms. The van der Waals surface area contributed by atoms with Crippen molar-refractivity contribution in [3.05, 3.63) is 23.7 Å². The van der Waals surface area contributed by atoms with Gasteiger partial charge in [-0.3, -0.25) is 4.79 Å². The average Bonchev–Trinajstić information content (AvgIpc) is 2.68. The van der Waals surface area contributed by atoms with Gasteiger partial charge in [0.05, 0.1) is 17.1 Å². The summed E-state index contributed by atoms with van der Waals surface area (Å²) < 4.78 is 12.3. The van der Waals surface area contributed by atoms with Crippen molar-refractivity contribution in [2.45, 2.75) is 58.7 Å². The van der Waals surface area contributed by atoms with Gasteiger partial charge in [-0.25, -0.2) is 0 Å². The largest absolute Gasteiger partial charge is 0.490 e. The lowest BCUT2D eigenvalue weighted by Gasteiger charge is -2.32. The van der Waals surface area contributed by atoms with Gasteiger partial charge >= 0.3 is 7.12 Å². The van der Waals surface area contributed by atoms with E-state index in [-0.39, 0.29) is 30.1 Å². The normalized spacial score (nSPS) is 28.2. The Balaban J connectivity index is 2.20. The van der Waals surface area contributed by atoms with Gasteiger partial charge in [0.15, 0.2) is 0 Å². The topological polar surface area (TPSA) is 38.8 Å².